The van der Waals surface area contributed by atoms with Crippen molar-refractivity contribution < 1.29 is 13.9 Å². The minimum Gasteiger partial charge on any atom is -0.460 e. The first-order chi connectivity index (χ1) is 19.2. The van der Waals surface area contributed by atoms with Crippen LogP contribution in [-0.2, 0) is 11.3 Å². The highest BCUT2D eigenvalue weighted by Crippen LogP contribution is 2.36. The molecule has 0 bridgehead atoms. The zero-order chi connectivity index (χ0) is 26.6. The molecule has 1 N–H and O–H groups in total. The van der Waals surface area contributed by atoms with Crippen LogP contribution in [0.3, 0.4) is 0 Å². The van der Waals surface area contributed by atoms with E-state index in [1.165, 1.54) is 0 Å². The van der Waals surface area contributed by atoms with Crippen molar-refractivity contribution in [2.24, 2.45) is 0 Å². The lowest BCUT2D eigenvalue weighted by molar-refractivity contribution is 0.0314. The quantitative estimate of drug-likeness (QED) is 0.232. The summed E-state index contributed by atoms with van der Waals surface area (Å²) in [5, 5.41) is 14.4. The van der Waals surface area contributed by atoms with Crippen LogP contribution in [0, 0.1) is 11.3 Å². The molecule has 194 valence electrons. The van der Waals surface area contributed by atoms with Crippen LogP contribution in [0.4, 0.5) is 11.4 Å². The summed E-state index contributed by atoms with van der Waals surface area (Å²) >= 11 is 6.53. The molecule has 1 saturated heterocycles. The number of rotatable bonds is 7. The number of pyridine rings is 1. The normalized spacial score (nSPS) is 13.7. The van der Waals surface area contributed by atoms with E-state index in [0.717, 1.165) is 66.5 Å². The Morgan fingerprint density at radius 3 is 2.64 bits per heavy atom. The maximum Gasteiger partial charge on any atom is 0.146 e. The topological polar surface area (TPSA) is 83.6 Å². The van der Waals surface area contributed by atoms with Gasteiger partial charge in [0.2, 0.25) is 0 Å². The molecule has 7 nitrogen and oxygen atoms in total. The molecule has 0 spiro atoms. The fraction of sp³-hybridized carbons (Fsp3) is 0.161. The number of nitriles is 1. The van der Waals surface area contributed by atoms with E-state index in [1.54, 1.807) is 18.3 Å². The number of nitrogens with zero attached hydrogens (tertiary/aromatic N) is 3. The number of hydrogen-bond acceptors (Lipinski definition) is 7. The maximum absolute atomic E-state index is 9.79. The van der Waals surface area contributed by atoms with Crippen LogP contribution in [0.2, 0.25) is 5.02 Å². The highest BCUT2D eigenvalue weighted by molar-refractivity contribution is 6.32. The van der Waals surface area contributed by atoms with Crippen LogP contribution in [0.25, 0.3) is 22.2 Å². The molecule has 6 rings (SSSR count). The lowest BCUT2D eigenvalue weighted by Gasteiger charge is -2.25. The molecule has 0 saturated carbocycles. The Balaban J connectivity index is 1.25. The average molecular weight is 537 g/mol. The molecule has 0 amide bonds. The number of halogens is 1. The van der Waals surface area contributed by atoms with Crippen molar-refractivity contribution in [3.05, 3.63) is 101 Å². The van der Waals surface area contributed by atoms with Gasteiger partial charge >= 0.3 is 0 Å². The van der Waals surface area contributed by atoms with Gasteiger partial charge < -0.3 is 19.2 Å². The molecular formula is C31H25ClN4O3. The summed E-state index contributed by atoms with van der Waals surface area (Å²) in [4.78, 5) is 6.87. The van der Waals surface area contributed by atoms with Gasteiger partial charge in [-0.2, -0.15) is 5.26 Å². The first kappa shape index (κ1) is 25.0. The predicted octanol–water partition coefficient (Wildman–Crippen LogP) is 7.39. The molecule has 1 aliphatic rings. The molecule has 0 aliphatic carbocycles. The van der Waals surface area contributed by atoms with Crippen LogP contribution in [0.1, 0.15) is 11.3 Å². The monoisotopic (exact) mass is 536 g/mol. The minimum atomic E-state index is 0.432. The van der Waals surface area contributed by atoms with E-state index < -0.39 is 0 Å². The minimum absolute atomic E-state index is 0.432. The first-order valence-electron chi connectivity index (χ1n) is 12.7. The molecule has 5 aromatic rings. The summed E-state index contributed by atoms with van der Waals surface area (Å²) in [5.74, 6) is 2.94. The van der Waals surface area contributed by atoms with Gasteiger partial charge in [-0.15, -0.1) is 0 Å². The van der Waals surface area contributed by atoms with E-state index in [-0.39, 0.29) is 0 Å². The molecule has 3 heterocycles. The molecule has 39 heavy (non-hydrogen) atoms. The Morgan fingerprint density at radius 1 is 1.00 bits per heavy atom. The van der Waals surface area contributed by atoms with Gasteiger partial charge in [-0.1, -0.05) is 35.9 Å². The number of hydrogen-bond donors (Lipinski definition) is 1. The van der Waals surface area contributed by atoms with Crippen molar-refractivity contribution in [1.29, 1.82) is 5.26 Å². The zero-order valence-electron chi connectivity index (χ0n) is 21.1. The summed E-state index contributed by atoms with van der Waals surface area (Å²) in [7, 11) is 0. The standard InChI is InChI=1S/C31H25ClN4O3/c32-27-17-23(7-10-30(27)38-24-4-2-1-3-5-24)35-31-22(18-33)19-34-28-16-21(6-9-26(28)31)29-11-8-25(39-29)20-36-12-14-37-15-13-36/h1-11,16-17,19H,12-15,20H2,(H,34,35). The fourth-order valence-corrected chi connectivity index (χ4v) is 4.80. The molecule has 0 atom stereocenters. The summed E-state index contributed by atoms with van der Waals surface area (Å²) in [6, 6.07) is 27.1. The number of benzene rings is 3. The molecule has 3 aromatic carbocycles. The predicted molar refractivity (Wildman–Crippen MR) is 152 cm³/mol. The number of ether oxygens (including phenoxy) is 2. The van der Waals surface area contributed by atoms with Crippen LogP contribution >= 0.6 is 11.6 Å². The Hall–Kier alpha value is -4.35. The number of aromatic nitrogens is 1. The molecule has 8 heteroatoms. The third-order valence-corrected chi connectivity index (χ3v) is 6.89. The van der Waals surface area contributed by atoms with Gasteiger partial charge in [-0.25, -0.2) is 0 Å². The van der Waals surface area contributed by atoms with Crippen LogP contribution in [0.5, 0.6) is 11.5 Å². The lowest BCUT2D eigenvalue weighted by atomic mass is 10.1. The summed E-state index contributed by atoms with van der Waals surface area (Å²) in [6.07, 6.45) is 1.58. The number of furan rings is 1. The van der Waals surface area contributed by atoms with Gasteiger partial charge in [-0.05, 0) is 54.6 Å². The number of nitrogens with one attached hydrogen (secondary N) is 1. The van der Waals surface area contributed by atoms with E-state index in [2.05, 4.69) is 21.3 Å². The Kier molecular flexibility index (Phi) is 7.15. The van der Waals surface area contributed by atoms with Crippen molar-refractivity contribution in [3.8, 4) is 28.9 Å². The van der Waals surface area contributed by atoms with Gasteiger partial charge in [0.1, 0.15) is 29.1 Å². The van der Waals surface area contributed by atoms with Gasteiger partial charge in [0.25, 0.3) is 0 Å². The first-order valence-corrected chi connectivity index (χ1v) is 13.1. The number of morpholine rings is 1. The number of fused-ring (bicyclic) bond motifs is 1. The van der Waals surface area contributed by atoms with Gasteiger partial charge in [0.15, 0.2) is 0 Å². The lowest BCUT2D eigenvalue weighted by Crippen LogP contribution is -2.35. The molecule has 0 radical (unpaired) electrons. The third kappa shape index (κ3) is 5.59. The second kappa shape index (κ2) is 11.2. The fourth-order valence-electron chi connectivity index (χ4n) is 4.59. The van der Waals surface area contributed by atoms with Gasteiger partial charge in [0.05, 0.1) is 41.5 Å². The third-order valence-electron chi connectivity index (χ3n) is 6.59. The highest BCUT2D eigenvalue weighted by atomic mass is 35.5. The smallest absolute Gasteiger partial charge is 0.146 e. The molecule has 1 fully saturated rings. The van der Waals surface area contributed by atoms with Gasteiger partial charge in [0, 0.05) is 35.9 Å². The van der Waals surface area contributed by atoms with E-state index in [0.29, 0.717) is 27.8 Å². The second-order valence-electron chi connectivity index (χ2n) is 9.23. The second-order valence-corrected chi connectivity index (χ2v) is 9.64. The van der Waals surface area contributed by atoms with Crippen molar-refractivity contribution in [2.75, 3.05) is 31.6 Å². The van der Waals surface area contributed by atoms with E-state index >= 15 is 0 Å². The van der Waals surface area contributed by atoms with E-state index in [1.807, 2.05) is 66.7 Å². The van der Waals surface area contributed by atoms with Gasteiger partial charge in [-0.3, -0.25) is 9.88 Å². The summed E-state index contributed by atoms with van der Waals surface area (Å²) < 4.78 is 17.5. The van der Waals surface area contributed by atoms with Crippen molar-refractivity contribution >= 4 is 33.9 Å². The Bertz CT molecular complexity index is 1660. The molecule has 1 aliphatic heterocycles. The van der Waals surface area contributed by atoms with Crippen molar-refractivity contribution in [3.63, 3.8) is 0 Å². The summed E-state index contributed by atoms with van der Waals surface area (Å²) in [5.41, 5.74) is 3.49. The molecule has 0 unspecified atom stereocenters. The largest absolute Gasteiger partial charge is 0.460 e. The Labute approximate surface area is 231 Å². The molecular weight excluding hydrogens is 512 g/mol. The van der Waals surface area contributed by atoms with Crippen LogP contribution in [0.15, 0.2) is 89.5 Å². The zero-order valence-corrected chi connectivity index (χ0v) is 21.8. The SMILES string of the molecule is N#Cc1cnc2cc(-c3ccc(CN4CCOCC4)o3)ccc2c1Nc1ccc(Oc2ccccc2)c(Cl)c1. The average Bonchev–Trinajstić information content (AvgIpc) is 3.44. The van der Waals surface area contributed by atoms with E-state index in [9.17, 15) is 5.26 Å². The van der Waals surface area contributed by atoms with E-state index in [4.69, 9.17) is 25.5 Å². The van der Waals surface area contributed by atoms with Crippen molar-refractivity contribution in [1.82, 2.24) is 9.88 Å². The number of para-hydroxylation sites is 1. The van der Waals surface area contributed by atoms with Crippen molar-refractivity contribution in [2.45, 2.75) is 6.54 Å². The summed E-state index contributed by atoms with van der Waals surface area (Å²) in [6.45, 7) is 4.07. The highest BCUT2D eigenvalue weighted by Gasteiger charge is 2.15. The molecule has 2 aromatic heterocycles. The van der Waals surface area contributed by atoms with Crippen LogP contribution < -0.4 is 10.1 Å². The van der Waals surface area contributed by atoms with Crippen LogP contribution in [-0.4, -0.2) is 36.2 Å². The number of anilines is 2. The Morgan fingerprint density at radius 2 is 1.85 bits per heavy atom. The maximum atomic E-state index is 9.79.